The number of hydrogen-bond donors (Lipinski definition) is 2. The Bertz CT molecular complexity index is 1360. The van der Waals surface area contributed by atoms with Gasteiger partial charge in [0.25, 0.3) is 0 Å². The second-order valence-electron chi connectivity index (χ2n) is 8.33. The first-order valence-electron chi connectivity index (χ1n) is 11.0. The van der Waals surface area contributed by atoms with Crippen molar-refractivity contribution < 1.29 is 9.13 Å². The third-order valence-corrected chi connectivity index (χ3v) is 6.78. The number of piperidine rings is 1. The van der Waals surface area contributed by atoms with Crippen molar-refractivity contribution in [2.24, 2.45) is 0 Å². The minimum Gasteiger partial charge on any atom is -0.469 e. The van der Waals surface area contributed by atoms with Gasteiger partial charge in [0.1, 0.15) is 11.9 Å². The van der Waals surface area contributed by atoms with Crippen LogP contribution in [0.2, 0.25) is 10.0 Å². The largest absolute Gasteiger partial charge is 0.469 e. The second kappa shape index (κ2) is 9.37. The van der Waals surface area contributed by atoms with Gasteiger partial charge in [0.05, 0.1) is 28.2 Å². The number of aromatic nitrogens is 4. The van der Waals surface area contributed by atoms with Crippen LogP contribution in [0.3, 0.4) is 0 Å². The number of hydrogen-bond acceptors (Lipinski definition) is 6. The maximum atomic E-state index is 14.0. The maximum absolute atomic E-state index is 14.0. The molecule has 0 amide bonds. The minimum absolute atomic E-state index is 0.0672. The van der Waals surface area contributed by atoms with E-state index in [-0.39, 0.29) is 16.9 Å². The number of rotatable bonds is 5. The molecule has 34 heavy (non-hydrogen) atoms. The van der Waals surface area contributed by atoms with E-state index in [1.165, 1.54) is 12.1 Å². The van der Waals surface area contributed by atoms with Gasteiger partial charge in [0.2, 0.25) is 11.8 Å². The molecule has 0 radical (unpaired) electrons. The van der Waals surface area contributed by atoms with Crippen molar-refractivity contribution in [2.75, 3.05) is 18.8 Å². The van der Waals surface area contributed by atoms with E-state index in [1.807, 2.05) is 29.1 Å². The highest BCUT2D eigenvalue weighted by Gasteiger charge is 2.21. The molecule has 3 heterocycles. The summed E-state index contributed by atoms with van der Waals surface area (Å²) in [7, 11) is 0. The highest BCUT2D eigenvalue weighted by Crippen LogP contribution is 2.37. The third kappa shape index (κ3) is 4.41. The number of nitrogens with one attached hydrogen (secondary N) is 1. The number of halogens is 3. The standard InChI is InChI=1S/C24H23Cl2FN6O/c1-13(21-18(25)3-4-19(27)22(21)26)34-23-17-10-14(2-5-20(17)31-24(28)32-23)15-11-30-33(12-15)16-6-8-29-9-7-16/h2-5,10-13,16,29H,6-9H2,1H3,(H2,28,31,32). The summed E-state index contributed by atoms with van der Waals surface area (Å²) in [4.78, 5) is 8.62. The van der Waals surface area contributed by atoms with Gasteiger partial charge in [0, 0.05) is 22.3 Å². The zero-order valence-electron chi connectivity index (χ0n) is 18.4. The first-order chi connectivity index (χ1) is 16.4. The average Bonchev–Trinajstić information content (AvgIpc) is 3.32. The topological polar surface area (TPSA) is 90.9 Å². The Labute approximate surface area is 206 Å². The predicted molar refractivity (Wildman–Crippen MR) is 132 cm³/mol. The maximum Gasteiger partial charge on any atom is 0.226 e. The highest BCUT2D eigenvalue weighted by molar-refractivity contribution is 6.36. The van der Waals surface area contributed by atoms with Gasteiger partial charge in [0.15, 0.2) is 0 Å². The van der Waals surface area contributed by atoms with Gasteiger partial charge in [-0.2, -0.15) is 10.1 Å². The van der Waals surface area contributed by atoms with Crippen molar-refractivity contribution in [3.63, 3.8) is 0 Å². The zero-order chi connectivity index (χ0) is 23.8. The van der Waals surface area contributed by atoms with Crippen LogP contribution in [0.5, 0.6) is 5.88 Å². The Morgan fingerprint density at radius 1 is 1.15 bits per heavy atom. The van der Waals surface area contributed by atoms with Crippen LogP contribution in [0.1, 0.15) is 37.5 Å². The van der Waals surface area contributed by atoms with Crippen molar-refractivity contribution in [1.82, 2.24) is 25.1 Å². The van der Waals surface area contributed by atoms with Crippen LogP contribution >= 0.6 is 23.2 Å². The summed E-state index contributed by atoms with van der Waals surface area (Å²) in [6.07, 6.45) is 5.33. The van der Waals surface area contributed by atoms with Crippen LogP contribution in [0.25, 0.3) is 22.0 Å². The summed E-state index contributed by atoms with van der Waals surface area (Å²) in [5.74, 6) is -0.242. The molecule has 0 spiro atoms. The fourth-order valence-electron chi connectivity index (χ4n) is 4.29. The molecule has 1 saturated heterocycles. The summed E-state index contributed by atoms with van der Waals surface area (Å²) in [6.45, 7) is 3.71. The molecule has 2 aromatic heterocycles. The zero-order valence-corrected chi connectivity index (χ0v) is 19.9. The Morgan fingerprint density at radius 3 is 2.74 bits per heavy atom. The summed E-state index contributed by atoms with van der Waals surface area (Å²) in [5, 5.41) is 8.84. The monoisotopic (exact) mass is 500 g/mol. The molecule has 4 aromatic rings. The highest BCUT2D eigenvalue weighted by atomic mass is 35.5. The molecule has 1 aliphatic heterocycles. The number of benzene rings is 2. The van der Waals surface area contributed by atoms with Gasteiger partial charge < -0.3 is 15.8 Å². The number of nitrogens with two attached hydrogens (primary N) is 1. The molecule has 2 aromatic carbocycles. The van der Waals surface area contributed by atoms with E-state index in [9.17, 15) is 4.39 Å². The number of nitrogen functional groups attached to an aromatic ring is 1. The van der Waals surface area contributed by atoms with E-state index in [2.05, 4.69) is 26.6 Å². The first kappa shape index (κ1) is 22.8. The Morgan fingerprint density at radius 2 is 1.94 bits per heavy atom. The van der Waals surface area contributed by atoms with Crippen LogP contribution in [-0.2, 0) is 0 Å². The predicted octanol–water partition coefficient (Wildman–Crippen LogP) is 5.59. The average molecular weight is 501 g/mol. The number of fused-ring (bicyclic) bond motifs is 1. The van der Waals surface area contributed by atoms with E-state index in [4.69, 9.17) is 33.7 Å². The molecular formula is C24H23Cl2FN6O. The van der Waals surface area contributed by atoms with Crippen molar-refractivity contribution in [3.8, 4) is 17.0 Å². The molecule has 1 fully saturated rings. The first-order valence-corrected chi connectivity index (χ1v) is 11.8. The lowest BCUT2D eigenvalue weighted by atomic mass is 10.1. The van der Waals surface area contributed by atoms with E-state index in [0.717, 1.165) is 37.1 Å². The van der Waals surface area contributed by atoms with Crippen molar-refractivity contribution in [2.45, 2.75) is 31.9 Å². The summed E-state index contributed by atoms with van der Waals surface area (Å²) in [5.41, 5.74) is 8.82. The molecule has 7 nitrogen and oxygen atoms in total. The summed E-state index contributed by atoms with van der Waals surface area (Å²) < 4.78 is 22.2. The molecule has 0 saturated carbocycles. The van der Waals surface area contributed by atoms with Crippen LogP contribution in [0.15, 0.2) is 42.7 Å². The van der Waals surface area contributed by atoms with Gasteiger partial charge in [-0.3, -0.25) is 4.68 Å². The lowest BCUT2D eigenvalue weighted by Gasteiger charge is -2.22. The quantitative estimate of drug-likeness (QED) is 0.347. The molecule has 1 unspecified atom stereocenters. The number of nitrogens with zero attached hydrogens (tertiary/aromatic N) is 4. The Balaban J connectivity index is 1.50. The van der Waals surface area contributed by atoms with Gasteiger partial charge in [-0.25, -0.2) is 9.37 Å². The normalized spacial score (nSPS) is 15.5. The van der Waals surface area contributed by atoms with Gasteiger partial charge in [-0.1, -0.05) is 29.3 Å². The fraction of sp³-hybridized carbons (Fsp3) is 0.292. The number of ether oxygens (including phenoxy) is 1. The molecule has 3 N–H and O–H groups in total. The van der Waals surface area contributed by atoms with Crippen LogP contribution in [0, 0.1) is 5.82 Å². The van der Waals surface area contributed by atoms with E-state index in [0.29, 0.717) is 27.5 Å². The van der Waals surface area contributed by atoms with Gasteiger partial charge in [-0.05, 0) is 62.7 Å². The van der Waals surface area contributed by atoms with E-state index < -0.39 is 11.9 Å². The van der Waals surface area contributed by atoms with Gasteiger partial charge >= 0.3 is 0 Å². The molecule has 5 rings (SSSR count). The Hall–Kier alpha value is -2.94. The van der Waals surface area contributed by atoms with Gasteiger partial charge in [-0.15, -0.1) is 0 Å². The van der Waals surface area contributed by atoms with E-state index >= 15 is 0 Å². The van der Waals surface area contributed by atoms with Crippen molar-refractivity contribution in [1.29, 1.82) is 0 Å². The van der Waals surface area contributed by atoms with Crippen LogP contribution in [0.4, 0.5) is 10.3 Å². The lowest BCUT2D eigenvalue weighted by Crippen LogP contribution is -2.29. The smallest absolute Gasteiger partial charge is 0.226 e. The van der Waals surface area contributed by atoms with Crippen molar-refractivity contribution in [3.05, 3.63) is 64.2 Å². The molecule has 1 aliphatic rings. The summed E-state index contributed by atoms with van der Waals surface area (Å²) >= 11 is 12.5. The summed E-state index contributed by atoms with van der Waals surface area (Å²) in [6, 6.07) is 8.82. The fourth-order valence-corrected chi connectivity index (χ4v) is 4.96. The van der Waals surface area contributed by atoms with Crippen LogP contribution < -0.4 is 15.8 Å². The van der Waals surface area contributed by atoms with Crippen LogP contribution in [-0.4, -0.2) is 32.8 Å². The van der Waals surface area contributed by atoms with E-state index in [1.54, 1.807) is 6.92 Å². The molecule has 0 aliphatic carbocycles. The SMILES string of the molecule is CC(Oc1nc(N)nc2ccc(-c3cnn(C4CCNCC4)c3)cc12)c1c(Cl)ccc(F)c1Cl. The Kier molecular flexibility index (Phi) is 6.29. The molecule has 0 bridgehead atoms. The molecule has 1 atom stereocenters. The third-order valence-electron chi connectivity index (χ3n) is 6.07. The number of anilines is 1. The van der Waals surface area contributed by atoms with Crippen molar-refractivity contribution >= 4 is 40.1 Å². The molecule has 176 valence electrons. The molecule has 10 heteroatoms. The molecular weight excluding hydrogens is 478 g/mol. The lowest BCUT2D eigenvalue weighted by molar-refractivity contribution is 0.220. The minimum atomic E-state index is -0.681. The second-order valence-corrected chi connectivity index (χ2v) is 9.11.